The maximum absolute atomic E-state index is 8.39. The fourth-order valence-corrected chi connectivity index (χ4v) is 2.74. The molecule has 0 atom stereocenters. The third-order valence-electron chi connectivity index (χ3n) is 3.53. The van der Waals surface area contributed by atoms with Crippen LogP contribution in [0.1, 0.15) is 17.5 Å². The lowest BCUT2D eigenvalue weighted by Gasteiger charge is -2.14. The zero-order chi connectivity index (χ0) is 12.5. The molecule has 1 aromatic carbocycles. The molecule has 0 bridgehead atoms. The number of hydrogen-bond donors (Lipinski definition) is 0. The number of hydrogen-bond acceptors (Lipinski definition) is 1. The maximum Gasteiger partial charge on any atom is 0.0519 e. The number of nitrogens with zero attached hydrogens (tertiary/aromatic N) is 4. The summed E-state index contributed by atoms with van der Waals surface area (Å²) in [7, 11) is 0. The van der Waals surface area contributed by atoms with Gasteiger partial charge in [0.2, 0.25) is 0 Å². The minimum Gasteiger partial charge on any atom is -0.347 e. The predicted molar refractivity (Wildman–Crippen MR) is 73.3 cm³/mol. The Morgan fingerprint density at radius 2 is 2.39 bits per heavy atom. The molecule has 3 rings (SSSR count). The first-order valence-corrected chi connectivity index (χ1v) is 6.11. The maximum atomic E-state index is 8.39. The third-order valence-corrected chi connectivity index (χ3v) is 3.53. The van der Waals surface area contributed by atoms with Crippen molar-refractivity contribution in [3.8, 4) is 0 Å². The Labute approximate surface area is 105 Å². The molecule has 0 aliphatic carbocycles. The molecule has 0 amide bonds. The molecule has 4 nitrogen and oxygen atoms in total. The summed E-state index contributed by atoms with van der Waals surface area (Å²) in [4.78, 5) is 2.80. The molecule has 18 heavy (non-hydrogen) atoms. The standard InChI is InChI=1S/C14H14N4/c1-10(8-16-17-15)13-9-18-7-3-5-11-4-2-6-12(13)14(11)18/h2,4,6,9H,1,3,5,7-8H2. The van der Waals surface area contributed by atoms with Gasteiger partial charge in [-0.3, -0.25) is 0 Å². The molecule has 0 fully saturated rings. The van der Waals surface area contributed by atoms with E-state index in [0.29, 0.717) is 6.54 Å². The highest BCUT2D eigenvalue weighted by Crippen LogP contribution is 2.32. The molecular weight excluding hydrogens is 224 g/mol. The lowest BCUT2D eigenvalue weighted by molar-refractivity contribution is 0.635. The first-order valence-electron chi connectivity index (χ1n) is 6.11. The van der Waals surface area contributed by atoms with Crippen LogP contribution in [0.15, 0.2) is 36.1 Å². The number of aromatic nitrogens is 1. The van der Waals surface area contributed by atoms with Crippen molar-refractivity contribution in [2.75, 3.05) is 6.54 Å². The van der Waals surface area contributed by atoms with Crippen LogP contribution in [0.5, 0.6) is 0 Å². The van der Waals surface area contributed by atoms with E-state index in [4.69, 9.17) is 5.53 Å². The molecule has 90 valence electrons. The summed E-state index contributed by atoms with van der Waals surface area (Å²) in [6.45, 7) is 5.42. The molecule has 2 heterocycles. The fourth-order valence-electron chi connectivity index (χ4n) is 2.74. The van der Waals surface area contributed by atoms with E-state index in [-0.39, 0.29) is 0 Å². The summed E-state index contributed by atoms with van der Waals surface area (Å²) in [5.41, 5.74) is 13.1. The van der Waals surface area contributed by atoms with E-state index < -0.39 is 0 Å². The van der Waals surface area contributed by atoms with E-state index in [1.54, 1.807) is 0 Å². The molecule has 2 aromatic rings. The van der Waals surface area contributed by atoms with Gasteiger partial charge in [-0.1, -0.05) is 29.9 Å². The first-order chi connectivity index (χ1) is 8.81. The summed E-state index contributed by atoms with van der Waals surface area (Å²) >= 11 is 0. The quantitative estimate of drug-likeness (QED) is 0.442. The number of aryl methyl sites for hydroxylation is 2. The van der Waals surface area contributed by atoms with Crippen molar-refractivity contribution in [1.29, 1.82) is 0 Å². The van der Waals surface area contributed by atoms with E-state index >= 15 is 0 Å². The molecule has 0 saturated heterocycles. The lowest BCUT2D eigenvalue weighted by atomic mass is 10.0. The van der Waals surface area contributed by atoms with Crippen LogP contribution < -0.4 is 0 Å². The second-order valence-electron chi connectivity index (χ2n) is 4.65. The summed E-state index contributed by atoms with van der Waals surface area (Å²) in [5.74, 6) is 0. The van der Waals surface area contributed by atoms with Crippen LogP contribution in [-0.2, 0) is 13.0 Å². The normalized spacial score (nSPS) is 13.3. The zero-order valence-electron chi connectivity index (χ0n) is 10.1. The average Bonchev–Trinajstić information content (AvgIpc) is 2.78. The van der Waals surface area contributed by atoms with Crippen LogP contribution in [0.25, 0.3) is 26.9 Å². The van der Waals surface area contributed by atoms with Crippen molar-refractivity contribution in [2.24, 2.45) is 5.11 Å². The minimum atomic E-state index is 0.333. The molecule has 4 heteroatoms. The van der Waals surface area contributed by atoms with E-state index in [1.807, 2.05) is 0 Å². The van der Waals surface area contributed by atoms with E-state index in [9.17, 15) is 0 Å². The molecule has 1 aliphatic rings. The zero-order valence-corrected chi connectivity index (χ0v) is 10.1. The molecule has 0 spiro atoms. The van der Waals surface area contributed by atoms with Gasteiger partial charge in [-0.15, -0.1) is 0 Å². The van der Waals surface area contributed by atoms with Crippen LogP contribution >= 0.6 is 0 Å². The summed E-state index contributed by atoms with van der Waals surface area (Å²) in [6, 6.07) is 6.41. The molecule has 0 N–H and O–H groups in total. The monoisotopic (exact) mass is 238 g/mol. The second kappa shape index (κ2) is 4.24. The lowest BCUT2D eigenvalue weighted by Crippen LogP contribution is -2.05. The van der Waals surface area contributed by atoms with Gasteiger partial charge in [-0.25, -0.2) is 0 Å². The van der Waals surface area contributed by atoms with Crippen molar-refractivity contribution in [3.05, 3.63) is 52.5 Å². The van der Waals surface area contributed by atoms with E-state index in [2.05, 4.69) is 45.6 Å². The Morgan fingerprint density at radius 1 is 1.50 bits per heavy atom. The summed E-state index contributed by atoms with van der Waals surface area (Å²) in [5, 5.41) is 4.83. The van der Waals surface area contributed by atoms with Crippen molar-refractivity contribution in [3.63, 3.8) is 0 Å². The van der Waals surface area contributed by atoms with Crippen LogP contribution in [0.2, 0.25) is 0 Å². The van der Waals surface area contributed by atoms with Crippen molar-refractivity contribution in [2.45, 2.75) is 19.4 Å². The van der Waals surface area contributed by atoms with Crippen molar-refractivity contribution in [1.82, 2.24) is 4.57 Å². The van der Waals surface area contributed by atoms with Gasteiger partial charge in [0.15, 0.2) is 0 Å². The molecule has 0 radical (unpaired) electrons. The first kappa shape index (κ1) is 10.9. The largest absolute Gasteiger partial charge is 0.347 e. The van der Waals surface area contributed by atoms with Gasteiger partial charge in [-0.05, 0) is 29.5 Å². The topological polar surface area (TPSA) is 53.7 Å². The molecular formula is C14H14N4. The summed E-state index contributed by atoms with van der Waals surface area (Å²) < 4.78 is 2.30. The van der Waals surface area contributed by atoms with Crippen LogP contribution in [0.3, 0.4) is 0 Å². The van der Waals surface area contributed by atoms with Crippen LogP contribution in [0, 0.1) is 0 Å². The molecule has 1 aliphatic heterocycles. The van der Waals surface area contributed by atoms with Crippen LogP contribution in [0.4, 0.5) is 0 Å². The Morgan fingerprint density at radius 3 is 3.22 bits per heavy atom. The third kappa shape index (κ3) is 1.59. The van der Waals surface area contributed by atoms with Crippen LogP contribution in [-0.4, -0.2) is 11.1 Å². The van der Waals surface area contributed by atoms with Gasteiger partial charge in [0.05, 0.1) is 12.1 Å². The van der Waals surface area contributed by atoms with E-state index in [1.165, 1.54) is 22.9 Å². The van der Waals surface area contributed by atoms with Gasteiger partial charge < -0.3 is 4.57 Å². The highest BCUT2D eigenvalue weighted by Gasteiger charge is 2.16. The highest BCUT2D eigenvalue weighted by molar-refractivity contribution is 5.95. The van der Waals surface area contributed by atoms with Gasteiger partial charge in [-0.2, -0.15) is 0 Å². The Balaban J connectivity index is 2.17. The Bertz CT molecular complexity index is 674. The minimum absolute atomic E-state index is 0.333. The number of rotatable bonds is 3. The smallest absolute Gasteiger partial charge is 0.0519 e. The van der Waals surface area contributed by atoms with Gasteiger partial charge in [0.25, 0.3) is 0 Å². The van der Waals surface area contributed by atoms with Crippen molar-refractivity contribution >= 4 is 16.5 Å². The second-order valence-corrected chi connectivity index (χ2v) is 4.65. The Hall–Kier alpha value is -2.19. The number of benzene rings is 1. The molecule has 1 aromatic heterocycles. The van der Waals surface area contributed by atoms with Crippen molar-refractivity contribution < 1.29 is 0 Å². The van der Waals surface area contributed by atoms with E-state index in [0.717, 1.165) is 24.1 Å². The predicted octanol–water partition coefficient (Wildman–Crippen LogP) is 3.91. The van der Waals surface area contributed by atoms with Gasteiger partial charge in [0, 0.05) is 28.6 Å². The number of azide groups is 1. The highest BCUT2D eigenvalue weighted by atomic mass is 15.1. The van der Waals surface area contributed by atoms with Gasteiger partial charge in [0.1, 0.15) is 0 Å². The average molecular weight is 238 g/mol. The number of para-hydroxylation sites is 1. The summed E-state index contributed by atoms with van der Waals surface area (Å²) in [6.07, 6.45) is 4.47. The fraction of sp³-hybridized carbons (Fsp3) is 0.286. The SMILES string of the molecule is C=C(CN=[N+]=[N-])c1cn2c3c(cccc13)CCC2. The van der Waals surface area contributed by atoms with Gasteiger partial charge >= 0.3 is 0 Å². The molecule has 0 saturated carbocycles. The molecule has 0 unspecified atom stereocenters. The Kier molecular flexibility index (Phi) is 2.58.